The summed E-state index contributed by atoms with van der Waals surface area (Å²) in [7, 11) is 2.06. The number of hydrogen-bond acceptors (Lipinski definition) is 4. The van der Waals surface area contributed by atoms with Crippen molar-refractivity contribution in [2.75, 3.05) is 32.1 Å². The molecule has 104 valence electrons. The summed E-state index contributed by atoms with van der Waals surface area (Å²) in [5.74, 6) is 4.87. The minimum atomic E-state index is -0.532. The van der Waals surface area contributed by atoms with Gasteiger partial charge in [0.15, 0.2) is 0 Å². The zero-order valence-corrected chi connectivity index (χ0v) is 10.9. The van der Waals surface area contributed by atoms with E-state index < -0.39 is 5.82 Å². The van der Waals surface area contributed by atoms with Gasteiger partial charge in [0.05, 0.1) is 11.3 Å². The monoisotopic (exact) mass is 266 g/mol. The zero-order chi connectivity index (χ0) is 13.8. The number of hydrazine groups is 1. The molecule has 6 heteroatoms. The van der Waals surface area contributed by atoms with Gasteiger partial charge in [0.1, 0.15) is 5.82 Å². The van der Waals surface area contributed by atoms with Crippen molar-refractivity contribution >= 4 is 11.6 Å². The second-order valence-corrected chi connectivity index (χ2v) is 4.93. The Bertz CT molecular complexity index is 466. The molecule has 1 aromatic carbocycles. The molecule has 0 aromatic heterocycles. The number of para-hydroxylation sites is 1. The number of likely N-dealkylation sites (tertiary alicyclic amines) is 1. The fourth-order valence-corrected chi connectivity index (χ4v) is 2.39. The second-order valence-electron chi connectivity index (χ2n) is 4.93. The number of carbonyl (C=O) groups excluding carboxylic acids is 1. The Morgan fingerprint density at radius 2 is 2.37 bits per heavy atom. The van der Waals surface area contributed by atoms with Gasteiger partial charge in [0.2, 0.25) is 0 Å². The largest absolute Gasteiger partial charge is 0.352 e. The maximum atomic E-state index is 13.5. The fourth-order valence-electron chi connectivity index (χ4n) is 2.39. The molecular weight excluding hydrogens is 247 g/mol. The van der Waals surface area contributed by atoms with Crippen molar-refractivity contribution in [2.45, 2.75) is 6.42 Å². The van der Waals surface area contributed by atoms with E-state index in [0.717, 1.165) is 19.5 Å². The van der Waals surface area contributed by atoms with Crippen molar-refractivity contribution in [3.63, 3.8) is 0 Å². The first-order valence-corrected chi connectivity index (χ1v) is 6.33. The number of rotatable bonds is 4. The highest BCUT2D eigenvalue weighted by Gasteiger charge is 2.21. The third-order valence-electron chi connectivity index (χ3n) is 3.44. The number of nitrogens with zero attached hydrogens (tertiary/aromatic N) is 1. The predicted molar refractivity (Wildman–Crippen MR) is 72.1 cm³/mol. The van der Waals surface area contributed by atoms with Crippen molar-refractivity contribution in [3.05, 3.63) is 29.6 Å². The van der Waals surface area contributed by atoms with E-state index in [-0.39, 0.29) is 17.2 Å². The number of nitrogens with two attached hydrogens (primary N) is 1. The Morgan fingerprint density at radius 3 is 3.00 bits per heavy atom. The van der Waals surface area contributed by atoms with Crippen LogP contribution in [0.5, 0.6) is 0 Å². The van der Waals surface area contributed by atoms with Crippen LogP contribution in [0.25, 0.3) is 0 Å². The molecule has 19 heavy (non-hydrogen) atoms. The third-order valence-corrected chi connectivity index (χ3v) is 3.44. The van der Waals surface area contributed by atoms with E-state index >= 15 is 0 Å². The van der Waals surface area contributed by atoms with E-state index in [9.17, 15) is 9.18 Å². The average Bonchev–Trinajstić information content (AvgIpc) is 2.81. The Hall–Kier alpha value is -1.66. The lowest BCUT2D eigenvalue weighted by atomic mass is 10.1. The van der Waals surface area contributed by atoms with E-state index in [1.165, 1.54) is 12.1 Å². The van der Waals surface area contributed by atoms with Gasteiger partial charge in [-0.15, -0.1) is 0 Å². The smallest absolute Gasteiger partial charge is 0.253 e. The van der Waals surface area contributed by atoms with Crippen LogP contribution in [0.2, 0.25) is 0 Å². The molecule has 0 radical (unpaired) electrons. The van der Waals surface area contributed by atoms with Gasteiger partial charge in [-0.05, 0) is 38.1 Å². The summed E-state index contributed by atoms with van der Waals surface area (Å²) in [6, 6.07) is 4.31. The van der Waals surface area contributed by atoms with Crippen LogP contribution >= 0.6 is 0 Å². The van der Waals surface area contributed by atoms with Crippen LogP contribution in [-0.4, -0.2) is 37.5 Å². The number of benzene rings is 1. The first kappa shape index (κ1) is 13.8. The van der Waals surface area contributed by atoms with E-state index in [4.69, 9.17) is 5.84 Å². The van der Waals surface area contributed by atoms with Crippen LogP contribution in [0.4, 0.5) is 10.1 Å². The minimum Gasteiger partial charge on any atom is -0.352 e. The van der Waals surface area contributed by atoms with E-state index in [1.807, 2.05) is 0 Å². The van der Waals surface area contributed by atoms with Crippen LogP contribution in [0.15, 0.2) is 18.2 Å². The molecule has 0 aliphatic carbocycles. The summed E-state index contributed by atoms with van der Waals surface area (Å²) in [5, 5.41) is 2.84. The zero-order valence-electron chi connectivity index (χ0n) is 10.9. The van der Waals surface area contributed by atoms with Crippen LogP contribution < -0.4 is 16.6 Å². The number of nitrogen functional groups attached to an aromatic ring is 1. The van der Waals surface area contributed by atoms with Crippen molar-refractivity contribution in [1.82, 2.24) is 10.2 Å². The molecule has 0 spiro atoms. The summed E-state index contributed by atoms with van der Waals surface area (Å²) in [6.07, 6.45) is 1.07. The molecular formula is C13H19FN4O. The third kappa shape index (κ3) is 3.21. The molecule has 1 atom stereocenters. The Labute approximate surface area is 111 Å². The van der Waals surface area contributed by atoms with Gasteiger partial charge in [-0.25, -0.2) is 4.39 Å². The number of halogens is 1. The molecule has 0 bridgehead atoms. The maximum Gasteiger partial charge on any atom is 0.253 e. The molecule has 1 saturated heterocycles. The molecule has 5 nitrogen and oxygen atoms in total. The molecule has 2 rings (SSSR count). The van der Waals surface area contributed by atoms with Crippen molar-refractivity contribution in [3.8, 4) is 0 Å². The van der Waals surface area contributed by atoms with E-state index in [1.54, 1.807) is 6.07 Å². The quantitative estimate of drug-likeness (QED) is 0.557. The highest BCUT2D eigenvalue weighted by atomic mass is 19.1. The molecule has 4 N–H and O–H groups in total. The lowest BCUT2D eigenvalue weighted by Gasteiger charge is -2.13. The van der Waals surface area contributed by atoms with Crippen LogP contribution in [0.3, 0.4) is 0 Å². The highest BCUT2D eigenvalue weighted by molar-refractivity contribution is 5.99. The number of amides is 1. The Kier molecular flexibility index (Phi) is 4.34. The average molecular weight is 266 g/mol. The molecule has 1 unspecified atom stereocenters. The molecule has 1 aromatic rings. The molecule has 1 aliphatic rings. The van der Waals surface area contributed by atoms with Gasteiger partial charge in [-0.3, -0.25) is 10.6 Å². The molecule has 1 amide bonds. The molecule has 1 aliphatic heterocycles. The lowest BCUT2D eigenvalue weighted by molar-refractivity contribution is 0.0948. The minimum absolute atomic E-state index is 0.0311. The number of hydrogen-bond donors (Lipinski definition) is 3. The van der Waals surface area contributed by atoms with E-state index in [2.05, 4.69) is 22.7 Å². The lowest BCUT2D eigenvalue weighted by Crippen LogP contribution is -2.31. The second kappa shape index (κ2) is 5.99. The predicted octanol–water partition coefficient (Wildman–Crippen LogP) is 0.793. The first-order valence-electron chi connectivity index (χ1n) is 6.33. The van der Waals surface area contributed by atoms with Gasteiger partial charge in [0.25, 0.3) is 5.91 Å². The Balaban J connectivity index is 1.98. The van der Waals surface area contributed by atoms with Gasteiger partial charge in [-0.2, -0.15) is 0 Å². The number of nitrogens with one attached hydrogen (secondary N) is 2. The van der Waals surface area contributed by atoms with Gasteiger partial charge >= 0.3 is 0 Å². The number of carbonyl (C=O) groups is 1. The standard InChI is InChI=1S/C13H19FN4O/c1-18-6-5-9(8-18)7-16-13(19)10-3-2-4-11(14)12(10)17-15/h2-4,9,17H,5-8,15H2,1H3,(H,16,19). The van der Waals surface area contributed by atoms with Crippen LogP contribution in [0, 0.1) is 11.7 Å². The summed E-state index contributed by atoms with van der Waals surface area (Å²) in [4.78, 5) is 14.3. The topological polar surface area (TPSA) is 70.4 Å². The SMILES string of the molecule is CN1CCC(CNC(=O)c2cccc(F)c2NN)C1. The highest BCUT2D eigenvalue weighted by Crippen LogP contribution is 2.19. The van der Waals surface area contributed by atoms with Crippen molar-refractivity contribution in [1.29, 1.82) is 0 Å². The van der Waals surface area contributed by atoms with Crippen molar-refractivity contribution in [2.24, 2.45) is 11.8 Å². The summed E-state index contributed by atoms with van der Waals surface area (Å²) >= 11 is 0. The fraction of sp³-hybridized carbons (Fsp3) is 0.462. The molecule has 1 heterocycles. The Morgan fingerprint density at radius 1 is 1.58 bits per heavy atom. The first-order chi connectivity index (χ1) is 9.11. The van der Waals surface area contributed by atoms with Crippen LogP contribution in [-0.2, 0) is 0 Å². The van der Waals surface area contributed by atoms with Crippen LogP contribution in [0.1, 0.15) is 16.8 Å². The summed E-state index contributed by atoms with van der Waals surface area (Å²) < 4.78 is 13.5. The van der Waals surface area contributed by atoms with Gasteiger partial charge < -0.3 is 15.6 Å². The summed E-state index contributed by atoms with van der Waals surface area (Å²) in [6.45, 7) is 2.63. The van der Waals surface area contributed by atoms with E-state index in [0.29, 0.717) is 12.5 Å². The van der Waals surface area contributed by atoms with Crippen molar-refractivity contribution < 1.29 is 9.18 Å². The van der Waals surface area contributed by atoms with Gasteiger partial charge in [0, 0.05) is 13.1 Å². The number of anilines is 1. The summed E-state index contributed by atoms with van der Waals surface area (Å²) in [5.41, 5.74) is 2.50. The molecule has 0 saturated carbocycles. The van der Waals surface area contributed by atoms with Gasteiger partial charge in [-0.1, -0.05) is 6.07 Å². The molecule has 1 fully saturated rings. The normalized spacial score (nSPS) is 19.4. The maximum absolute atomic E-state index is 13.5.